The van der Waals surface area contributed by atoms with E-state index in [-0.39, 0.29) is 34.9 Å². The van der Waals surface area contributed by atoms with Crippen LogP contribution in [0.4, 0.5) is 0 Å². The SMILES string of the molecule is Cc1oc([C@H](CC(C)C)NC(=O)c2ccccn2)nc1C(=O)NCC(=O)O. The number of carboxylic acid groups (broad SMARTS) is 1. The molecule has 3 N–H and O–H groups in total. The molecule has 0 aliphatic carbocycles. The van der Waals surface area contributed by atoms with Crippen LogP contribution < -0.4 is 10.6 Å². The molecule has 2 rings (SSSR count). The molecule has 27 heavy (non-hydrogen) atoms. The number of rotatable bonds is 8. The lowest BCUT2D eigenvalue weighted by molar-refractivity contribution is -0.135. The van der Waals surface area contributed by atoms with Crippen LogP contribution in [-0.4, -0.2) is 39.4 Å². The summed E-state index contributed by atoms with van der Waals surface area (Å²) >= 11 is 0. The molecule has 0 unspecified atom stereocenters. The topological polar surface area (TPSA) is 134 Å². The number of aryl methyl sites for hydroxylation is 1. The van der Waals surface area contributed by atoms with Gasteiger partial charge in [0.15, 0.2) is 5.69 Å². The number of hydrogen-bond donors (Lipinski definition) is 3. The van der Waals surface area contributed by atoms with Gasteiger partial charge in [-0.25, -0.2) is 4.98 Å². The zero-order valence-electron chi connectivity index (χ0n) is 15.4. The minimum absolute atomic E-state index is 0.00732. The van der Waals surface area contributed by atoms with Crippen molar-refractivity contribution < 1.29 is 23.9 Å². The summed E-state index contributed by atoms with van der Waals surface area (Å²) in [5, 5.41) is 13.7. The second-order valence-electron chi connectivity index (χ2n) is 6.40. The number of oxazole rings is 1. The molecule has 0 aliphatic heterocycles. The maximum atomic E-state index is 12.4. The van der Waals surface area contributed by atoms with E-state index in [1.54, 1.807) is 25.1 Å². The number of aromatic nitrogens is 2. The van der Waals surface area contributed by atoms with Crippen molar-refractivity contribution in [2.75, 3.05) is 6.54 Å². The van der Waals surface area contributed by atoms with E-state index in [4.69, 9.17) is 9.52 Å². The molecule has 2 aromatic heterocycles. The molecular formula is C18H22N4O5. The van der Waals surface area contributed by atoms with Crippen LogP contribution in [0, 0.1) is 12.8 Å². The van der Waals surface area contributed by atoms with Crippen LogP contribution in [-0.2, 0) is 4.79 Å². The number of carbonyl (C=O) groups excluding carboxylic acids is 2. The minimum Gasteiger partial charge on any atom is -0.480 e. The van der Waals surface area contributed by atoms with E-state index >= 15 is 0 Å². The molecule has 9 nitrogen and oxygen atoms in total. The molecule has 2 amide bonds. The molecule has 144 valence electrons. The predicted molar refractivity (Wildman–Crippen MR) is 95.1 cm³/mol. The first-order chi connectivity index (χ1) is 12.8. The Labute approximate surface area is 156 Å². The van der Waals surface area contributed by atoms with Gasteiger partial charge in [-0.1, -0.05) is 19.9 Å². The van der Waals surface area contributed by atoms with Crippen LogP contribution >= 0.6 is 0 Å². The second kappa shape index (κ2) is 8.93. The highest BCUT2D eigenvalue weighted by atomic mass is 16.4. The molecule has 0 fully saturated rings. The monoisotopic (exact) mass is 374 g/mol. The molecule has 0 bridgehead atoms. The average Bonchev–Trinajstić information content (AvgIpc) is 3.01. The van der Waals surface area contributed by atoms with Crippen LogP contribution in [0.25, 0.3) is 0 Å². The van der Waals surface area contributed by atoms with Gasteiger partial charge in [0, 0.05) is 6.20 Å². The van der Waals surface area contributed by atoms with E-state index in [0.717, 1.165) is 0 Å². The summed E-state index contributed by atoms with van der Waals surface area (Å²) in [6, 6.07) is 4.45. The summed E-state index contributed by atoms with van der Waals surface area (Å²) in [6.45, 7) is 5.00. The number of nitrogens with one attached hydrogen (secondary N) is 2. The van der Waals surface area contributed by atoms with E-state index in [2.05, 4.69) is 20.6 Å². The molecule has 0 saturated heterocycles. The summed E-state index contributed by atoms with van der Waals surface area (Å²) in [7, 11) is 0. The van der Waals surface area contributed by atoms with Gasteiger partial charge in [0.2, 0.25) is 5.89 Å². The number of aliphatic carboxylic acids is 1. The van der Waals surface area contributed by atoms with Gasteiger partial charge < -0.3 is 20.2 Å². The van der Waals surface area contributed by atoms with Gasteiger partial charge in [-0.2, -0.15) is 0 Å². The van der Waals surface area contributed by atoms with Crippen LogP contribution in [0.5, 0.6) is 0 Å². The molecule has 9 heteroatoms. The maximum absolute atomic E-state index is 12.4. The Kier molecular flexibility index (Phi) is 6.64. The summed E-state index contributed by atoms with van der Waals surface area (Å²) in [5.41, 5.74) is 0.251. The van der Waals surface area contributed by atoms with E-state index in [1.165, 1.54) is 6.20 Å². The summed E-state index contributed by atoms with van der Waals surface area (Å²) in [4.78, 5) is 43.3. The fourth-order valence-electron chi connectivity index (χ4n) is 2.44. The van der Waals surface area contributed by atoms with Gasteiger partial charge in [-0.3, -0.25) is 19.4 Å². The van der Waals surface area contributed by atoms with Crippen molar-refractivity contribution in [3.63, 3.8) is 0 Å². The van der Waals surface area contributed by atoms with Crippen molar-refractivity contribution in [2.24, 2.45) is 5.92 Å². The van der Waals surface area contributed by atoms with Crippen molar-refractivity contribution in [1.29, 1.82) is 0 Å². The van der Waals surface area contributed by atoms with E-state index in [0.29, 0.717) is 6.42 Å². The first-order valence-electron chi connectivity index (χ1n) is 8.47. The zero-order chi connectivity index (χ0) is 20.0. The van der Waals surface area contributed by atoms with Gasteiger partial charge >= 0.3 is 5.97 Å². The number of amides is 2. The van der Waals surface area contributed by atoms with Gasteiger partial charge in [-0.15, -0.1) is 0 Å². The third-order valence-corrected chi connectivity index (χ3v) is 3.64. The maximum Gasteiger partial charge on any atom is 0.322 e. The quantitative estimate of drug-likeness (QED) is 0.640. The van der Waals surface area contributed by atoms with Crippen LogP contribution in [0.2, 0.25) is 0 Å². The lowest BCUT2D eigenvalue weighted by Crippen LogP contribution is -2.31. The van der Waals surface area contributed by atoms with Gasteiger partial charge in [0.05, 0.1) is 0 Å². The molecule has 2 heterocycles. The molecular weight excluding hydrogens is 352 g/mol. The fraction of sp³-hybridized carbons (Fsp3) is 0.389. The zero-order valence-corrected chi connectivity index (χ0v) is 15.4. The molecule has 1 atom stereocenters. The first-order valence-corrected chi connectivity index (χ1v) is 8.47. The molecule has 0 saturated carbocycles. The van der Waals surface area contributed by atoms with Gasteiger partial charge in [0.1, 0.15) is 24.0 Å². The fourth-order valence-corrected chi connectivity index (χ4v) is 2.44. The van der Waals surface area contributed by atoms with Gasteiger partial charge in [-0.05, 0) is 31.4 Å². The summed E-state index contributed by atoms with van der Waals surface area (Å²) < 4.78 is 5.59. The molecule has 0 aliphatic rings. The Hall–Kier alpha value is -3.23. The van der Waals surface area contributed by atoms with Crippen LogP contribution in [0.3, 0.4) is 0 Å². The Morgan fingerprint density at radius 2 is 1.96 bits per heavy atom. The standard InChI is InChI=1S/C18H22N4O5/c1-10(2)8-13(21-16(25)12-6-4-5-7-19-12)18-22-15(11(3)27-18)17(26)20-9-14(23)24/h4-7,10,13H,8-9H2,1-3H3,(H,20,26)(H,21,25)(H,23,24)/t13-/m0/s1. The highest BCUT2D eigenvalue weighted by molar-refractivity contribution is 5.95. The number of pyridine rings is 1. The Morgan fingerprint density at radius 1 is 1.22 bits per heavy atom. The molecule has 0 radical (unpaired) electrons. The Bertz CT molecular complexity index is 816. The number of carboxylic acids is 1. The van der Waals surface area contributed by atoms with Crippen molar-refractivity contribution in [2.45, 2.75) is 33.2 Å². The highest BCUT2D eigenvalue weighted by Gasteiger charge is 2.26. The Balaban J connectivity index is 2.21. The lowest BCUT2D eigenvalue weighted by Gasteiger charge is -2.17. The van der Waals surface area contributed by atoms with E-state index < -0.39 is 24.5 Å². The van der Waals surface area contributed by atoms with Gasteiger partial charge in [0.25, 0.3) is 11.8 Å². The number of hydrogen-bond acceptors (Lipinski definition) is 6. The highest BCUT2D eigenvalue weighted by Crippen LogP contribution is 2.23. The number of carbonyl (C=O) groups is 3. The van der Waals surface area contributed by atoms with Crippen LogP contribution in [0.15, 0.2) is 28.8 Å². The van der Waals surface area contributed by atoms with Crippen molar-refractivity contribution in [3.8, 4) is 0 Å². The Morgan fingerprint density at radius 3 is 2.56 bits per heavy atom. The van der Waals surface area contributed by atoms with Crippen molar-refractivity contribution in [3.05, 3.63) is 47.4 Å². The van der Waals surface area contributed by atoms with E-state index in [1.807, 2.05) is 13.8 Å². The van der Waals surface area contributed by atoms with E-state index in [9.17, 15) is 14.4 Å². The predicted octanol–water partition coefficient (Wildman–Crippen LogP) is 1.71. The first kappa shape index (κ1) is 20.1. The lowest BCUT2D eigenvalue weighted by atomic mass is 10.0. The number of nitrogens with zero attached hydrogens (tertiary/aromatic N) is 2. The average molecular weight is 374 g/mol. The minimum atomic E-state index is -1.16. The molecule has 2 aromatic rings. The second-order valence-corrected chi connectivity index (χ2v) is 6.40. The molecule has 0 aromatic carbocycles. The smallest absolute Gasteiger partial charge is 0.322 e. The largest absolute Gasteiger partial charge is 0.480 e. The van der Waals surface area contributed by atoms with Crippen molar-refractivity contribution in [1.82, 2.24) is 20.6 Å². The normalized spacial score (nSPS) is 11.9. The third kappa shape index (κ3) is 5.63. The van der Waals surface area contributed by atoms with Crippen LogP contribution in [0.1, 0.15) is 58.9 Å². The summed E-state index contributed by atoms with van der Waals surface area (Å²) in [6.07, 6.45) is 2.06. The summed E-state index contributed by atoms with van der Waals surface area (Å²) in [5.74, 6) is -1.54. The third-order valence-electron chi connectivity index (χ3n) is 3.64. The van der Waals surface area contributed by atoms with Crippen molar-refractivity contribution >= 4 is 17.8 Å². The molecule has 0 spiro atoms.